The maximum Gasteiger partial charge on any atom is 0.374 e. The second kappa shape index (κ2) is 3.25. The van der Waals surface area contributed by atoms with Gasteiger partial charge < -0.3 is 9.52 Å². The van der Waals surface area contributed by atoms with E-state index in [-0.39, 0.29) is 17.3 Å². The molecule has 6 heteroatoms. The van der Waals surface area contributed by atoms with Crippen LogP contribution in [0, 0.1) is 0 Å². The smallest absolute Gasteiger partial charge is 0.374 e. The Kier molecular flexibility index (Phi) is 1.94. The van der Waals surface area contributed by atoms with Gasteiger partial charge in [0.1, 0.15) is 0 Å². The predicted molar refractivity (Wildman–Crippen MR) is 44.5 cm³/mol. The van der Waals surface area contributed by atoms with Crippen molar-refractivity contribution in [3.05, 3.63) is 30.6 Å². The number of rotatable bonds is 2. The summed E-state index contributed by atoms with van der Waals surface area (Å²) in [7, 11) is 0. The van der Waals surface area contributed by atoms with Gasteiger partial charge >= 0.3 is 5.97 Å². The number of oxazole rings is 1. The molecule has 0 aliphatic carbocycles. The van der Waals surface area contributed by atoms with Crippen LogP contribution in [0.25, 0.3) is 11.5 Å². The third kappa shape index (κ3) is 1.33. The van der Waals surface area contributed by atoms with Gasteiger partial charge in [0.25, 0.3) is 0 Å². The molecule has 0 amide bonds. The van der Waals surface area contributed by atoms with Crippen LogP contribution in [0.5, 0.6) is 0 Å². The quantitative estimate of drug-likeness (QED) is 0.756. The highest BCUT2D eigenvalue weighted by atomic mass is 16.4. The zero-order chi connectivity index (χ0) is 9.97. The van der Waals surface area contributed by atoms with Crippen LogP contribution < -0.4 is 0 Å². The third-order valence-corrected chi connectivity index (χ3v) is 1.54. The highest BCUT2D eigenvalue weighted by Crippen LogP contribution is 2.16. The molecule has 0 spiro atoms. The maximum absolute atomic E-state index is 10.7. The Bertz CT molecular complexity index is 452. The minimum atomic E-state index is -1.19. The minimum Gasteiger partial charge on any atom is -0.475 e. The van der Waals surface area contributed by atoms with E-state index in [2.05, 4.69) is 19.4 Å². The highest BCUT2D eigenvalue weighted by Gasteiger charge is 2.18. The van der Waals surface area contributed by atoms with Crippen LogP contribution in [-0.2, 0) is 0 Å². The lowest BCUT2D eigenvalue weighted by molar-refractivity contribution is 0.0663. The standard InChI is InChI=1S/C8H5N3O3/c12-8(13)6-5(11-4-14-6)7-9-2-1-3-10-7/h1-4H,(H,12,13). The van der Waals surface area contributed by atoms with Crippen molar-refractivity contribution in [2.24, 2.45) is 0 Å². The van der Waals surface area contributed by atoms with E-state index in [4.69, 9.17) is 5.11 Å². The number of aromatic nitrogens is 3. The Morgan fingerprint density at radius 1 is 1.29 bits per heavy atom. The lowest BCUT2D eigenvalue weighted by Gasteiger charge is -1.93. The topological polar surface area (TPSA) is 89.1 Å². The zero-order valence-electron chi connectivity index (χ0n) is 6.91. The van der Waals surface area contributed by atoms with Crippen LogP contribution in [-0.4, -0.2) is 26.0 Å². The molecule has 0 saturated heterocycles. The summed E-state index contributed by atoms with van der Waals surface area (Å²) in [6.45, 7) is 0. The first-order valence-electron chi connectivity index (χ1n) is 3.73. The number of aromatic carboxylic acids is 1. The van der Waals surface area contributed by atoms with Crippen LogP contribution in [0.3, 0.4) is 0 Å². The first kappa shape index (κ1) is 8.36. The van der Waals surface area contributed by atoms with E-state index in [0.29, 0.717) is 0 Å². The second-order valence-electron chi connectivity index (χ2n) is 2.41. The third-order valence-electron chi connectivity index (χ3n) is 1.54. The molecule has 2 aromatic heterocycles. The van der Waals surface area contributed by atoms with Gasteiger partial charge in [0, 0.05) is 12.4 Å². The molecule has 0 fully saturated rings. The number of hydrogen-bond donors (Lipinski definition) is 1. The number of carboxylic acid groups (broad SMARTS) is 1. The van der Waals surface area contributed by atoms with E-state index in [0.717, 1.165) is 6.39 Å². The Morgan fingerprint density at radius 3 is 2.64 bits per heavy atom. The molecule has 0 unspecified atom stereocenters. The van der Waals surface area contributed by atoms with Crippen molar-refractivity contribution in [2.75, 3.05) is 0 Å². The van der Waals surface area contributed by atoms with Crippen LogP contribution in [0.15, 0.2) is 29.3 Å². The average Bonchev–Trinajstić information content (AvgIpc) is 2.67. The SMILES string of the molecule is O=C(O)c1ocnc1-c1ncccn1. The summed E-state index contributed by atoms with van der Waals surface area (Å²) in [4.78, 5) is 22.1. The summed E-state index contributed by atoms with van der Waals surface area (Å²) in [6, 6.07) is 1.63. The summed E-state index contributed by atoms with van der Waals surface area (Å²) in [5.41, 5.74) is 0.137. The first-order valence-corrected chi connectivity index (χ1v) is 3.73. The molecular weight excluding hydrogens is 186 g/mol. The molecule has 1 N–H and O–H groups in total. The number of nitrogens with zero attached hydrogens (tertiary/aromatic N) is 3. The summed E-state index contributed by atoms with van der Waals surface area (Å²) in [6.07, 6.45) is 4.06. The number of carbonyl (C=O) groups is 1. The van der Waals surface area contributed by atoms with Crippen molar-refractivity contribution >= 4 is 5.97 Å². The Labute approximate surface area is 78.3 Å². The summed E-state index contributed by atoms with van der Waals surface area (Å²) >= 11 is 0. The molecule has 2 aromatic rings. The largest absolute Gasteiger partial charge is 0.475 e. The molecule has 0 bridgehead atoms. The minimum absolute atomic E-state index is 0.137. The highest BCUT2D eigenvalue weighted by molar-refractivity contribution is 5.90. The van der Waals surface area contributed by atoms with Gasteiger partial charge in [0.2, 0.25) is 5.76 Å². The van der Waals surface area contributed by atoms with Gasteiger partial charge in [-0.2, -0.15) is 0 Å². The molecular formula is C8H5N3O3. The summed E-state index contributed by atoms with van der Waals surface area (Å²) in [5.74, 6) is -1.21. The van der Waals surface area contributed by atoms with Gasteiger partial charge in [-0.15, -0.1) is 0 Å². The maximum atomic E-state index is 10.7. The number of hydrogen-bond acceptors (Lipinski definition) is 5. The second-order valence-corrected chi connectivity index (χ2v) is 2.41. The van der Waals surface area contributed by atoms with Crippen molar-refractivity contribution in [3.63, 3.8) is 0 Å². The molecule has 2 heterocycles. The van der Waals surface area contributed by atoms with E-state index >= 15 is 0 Å². The van der Waals surface area contributed by atoms with Gasteiger partial charge in [0.05, 0.1) is 0 Å². The Balaban J connectivity index is 2.52. The Hall–Kier alpha value is -2.24. The van der Waals surface area contributed by atoms with E-state index in [1.54, 1.807) is 6.07 Å². The normalized spacial score (nSPS) is 10.0. The fourth-order valence-corrected chi connectivity index (χ4v) is 0.979. The predicted octanol–water partition coefficient (Wildman–Crippen LogP) is 0.830. The molecule has 0 radical (unpaired) electrons. The van der Waals surface area contributed by atoms with Gasteiger partial charge in [-0.05, 0) is 6.07 Å². The van der Waals surface area contributed by atoms with Crippen molar-refractivity contribution in [1.82, 2.24) is 15.0 Å². The van der Waals surface area contributed by atoms with Gasteiger partial charge in [0.15, 0.2) is 17.9 Å². The van der Waals surface area contributed by atoms with Crippen LogP contribution in [0.1, 0.15) is 10.6 Å². The van der Waals surface area contributed by atoms with Crippen molar-refractivity contribution < 1.29 is 14.3 Å². The number of carboxylic acids is 1. The molecule has 0 atom stereocenters. The monoisotopic (exact) mass is 191 g/mol. The first-order chi connectivity index (χ1) is 6.79. The molecule has 0 aliphatic rings. The van der Waals surface area contributed by atoms with Crippen LogP contribution >= 0.6 is 0 Å². The fraction of sp³-hybridized carbons (Fsp3) is 0. The summed E-state index contributed by atoms with van der Waals surface area (Å²) < 4.78 is 4.69. The summed E-state index contributed by atoms with van der Waals surface area (Å²) in [5, 5.41) is 8.73. The Morgan fingerprint density at radius 2 is 2.00 bits per heavy atom. The molecule has 0 aliphatic heterocycles. The lowest BCUT2D eigenvalue weighted by atomic mass is 10.3. The van der Waals surface area contributed by atoms with Crippen molar-refractivity contribution in [2.45, 2.75) is 0 Å². The molecule has 0 aromatic carbocycles. The molecule has 14 heavy (non-hydrogen) atoms. The molecule has 70 valence electrons. The van der Waals surface area contributed by atoms with Crippen molar-refractivity contribution in [3.8, 4) is 11.5 Å². The van der Waals surface area contributed by atoms with E-state index in [1.807, 2.05) is 0 Å². The lowest BCUT2D eigenvalue weighted by Crippen LogP contribution is -1.98. The van der Waals surface area contributed by atoms with Crippen molar-refractivity contribution in [1.29, 1.82) is 0 Å². The van der Waals surface area contributed by atoms with E-state index in [9.17, 15) is 4.79 Å². The van der Waals surface area contributed by atoms with E-state index in [1.165, 1.54) is 12.4 Å². The van der Waals surface area contributed by atoms with Gasteiger partial charge in [-0.1, -0.05) is 0 Å². The van der Waals surface area contributed by atoms with Gasteiger partial charge in [-0.25, -0.2) is 19.7 Å². The average molecular weight is 191 g/mol. The molecule has 2 rings (SSSR count). The van der Waals surface area contributed by atoms with Crippen LogP contribution in [0.2, 0.25) is 0 Å². The molecule has 6 nitrogen and oxygen atoms in total. The van der Waals surface area contributed by atoms with E-state index < -0.39 is 5.97 Å². The van der Waals surface area contributed by atoms with Crippen LogP contribution in [0.4, 0.5) is 0 Å². The van der Waals surface area contributed by atoms with Gasteiger partial charge in [-0.3, -0.25) is 0 Å². The fourth-order valence-electron chi connectivity index (χ4n) is 0.979. The zero-order valence-corrected chi connectivity index (χ0v) is 6.91. The molecule has 0 saturated carbocycles.